The van der Waals surface area contributed by atoms with E-state index in [1.54, 1.807) is 12.1 Å². The number of carbonyl (C=O) groups excluding carboxylic acids is 1. The first-order chi connectivity index (χ1) is 9.10. The second-order valence-electron chi connectivity index (χ2n) is 3.40. The quantitative estimate of drug-likeness (QED) is 0.530. The molecule has 0 spiro atoms. The third-order valence-corrected chi connectivity index (χ3v) is 3.23. The number of halogens is 1. The molecule has 0 saturated carbocycles. The Morgan fingerprint density at radius 3 is 2.95 bits per heavy atom. The number of rotatable bonds is 4. The molecule has 1 aromatic carbocycles. The summed E-state index contributed by atoms with van der Waals surface area (Å²) in [4.78, 5) is 21.3. The molecule has 1 amide bonds. The largest absolute Gasteiger partial charge is 0.299 e. The fourth-order valence-corrected chi connectivity index (χ4v) is 2.12. The van der Waals surface area contributed by atoms with Gasteiger partial charge in [0, 0.05) is 17.7 Å². The average molecular weight is 299 g/mol. The summed E-state index contributed by atoms with van der Waals surface area (Å²) < 4.78 is 0. The van der Waals surface area contributed by atoms with Gasteiger partial charge in [-0.05, 0) is 0 Å². The Bertz CT molecular complexity index is 631. The predicted molar refractivity (Wildman–Crippen MR) is 71.3 cm³/mol. The minimum Gasteiger partial charge on any atom is -0.299 e. The molecule has 98 valence electrons. The van der Waals surface area contributed by atoms with Crippen LogP contribution in [0.1, 0.15) is 0 Å². The van der Waals surface area contributed by atoms with Gasteiger partial charge in [-0.3, -0.25) is 20.2 Å². The van der Waals surface area contributed by atoms with Gasteiger partial charge in [0.2, 0.25) is 11.0 Å². The van der Waals surface area contributed by atoms with E-state index in [9.17, 15) is 14.9 Å². The normalized spacial score (nSPS) is 10.2. The van der Waals surface area contributed by atoms with Crippen LogP contribution in [-0.4, -0.2) is 26.9 Å². The Hall–Kier alpha value is -2.06. The first-order valence-corrected chi connectivity index (χ1v) is 6.39. The van der Waals surface area contributed by atoms with Gasteiger partial charge in [-0.1, -0.05) is 23.5 Å². The molecule has 0 aliphatic heterocycles. The highest BCUT2D eigenvalue weighted by Gasteiger charge is 2.12. The summed E-state index contributed by atoms with van der Waals surface area (Å²) in [5, 5.41) is 21.5. The number of aromatic nitrogens is 2. The van der Waals surface area contributed by atoms with Gasteiger partial charge in [-0.15, -0.1) is 21.8 Å². The molecule has 0 saturated heterocycles. The van der Waals surface area contributed by atoms with Gasteiger partial charge < -0.3 is 0 Å². The van der Waals surface area contributed by atoms with Crippen LogP contribution in [0.3, 0.4) is 0 Å². The molecule has 0 fully saturated rings. The van der Waals surface area contributed by atoms with E-state index in [4.69, 9.17) is 11.6 Å². The maximum absolute atomic E-state index is 11.1. The highest BCUT2D eigenvalue weighted by molar-refractivity contribution is 7.18. The molecule has 7 nitrogen and oxygen atoms in total. The van der Waals surface area contributed by atoms with Gasteiger partial charge >= 0.3 is 0 Å². The van der Waals surface area contributed by atoms with Crippen molar-refractivity contribution in [3.05, 3.63) is 34.4 Å². The van der Waals surface area contributed by atoms with Gasteiger partial charge in [-0.2, -0.15) is 0 Å². The molecule has 1 N–H and O–H groups in total. The monoisotopic (exact) mass is 298 g/mol. The zero-order valence-corrected chi connectivity index (χ0v) is 10.9. The van der Waals surface area contributed by atoms with Crippen molar-refractivity contribution in [3.63, 3.8) is 0 Å². The Balaban J connectivity index is 2.25. The summed E-state index contributed by atoms with van der Waals surface area (Å²) in [5.74, 6) is -0.561. The number of nitrogens with zero attached hydrogens (tertiary/aromatic N) is 3. The molecule has 9 heteroatoms. The number of hydrogen-bond donors (Lipinski definition) is 1. The standard InChI is InChI=1S/C10H7ClN4O3S/c11-5-8(16)12-10-14-13-9(19-10)6-2-1-3-7(4-6)15(17)18/h1-4H,5H2,(H,12,14,16). The molecule has 0 aliphatic rings. The van der Waals surface area contributed by atoms with E-state index in [1.165, 1.54) is 12.1 Å². The molecular formula is C10H7ClN4O3S. The van der Waals surface area contributed by atoms with E-state index in [-0.39, 0.29) is 17.5 Å². The second kappa shape index (κ2) is 5.72. The van der Waals surface area contributed by atoms with Crippen LogP contribution in [0.25, 0.3) is 10.6 Å². The Morgan fingerprint density at radius 2 is 2.26 bits per heavy atom. The van der Waals surface area contributed by atoms with Crippen molar-refractivity contribution in [1.82, 2.24) is 10.2 Å². The lowest BCUT2D eigenvalue weighted by molar-refractivity contribution is -0.384. The van der Waals surface area contributed by atoms with Crippen molar-refractivity contribution >= 4 is 39.7 Å². The Labute approximate surface area is 116 Å². The molecule has 0 atom stereocenters. The third-order valence-electron chi connectivity index (χ3n) is 2.10. The van der Waals surface area contributed by atoms with E-state index in [0.29, 0.717) is 15.7 Å². The minimum atomic E-state index is -0.485. The number of nitrogens with one attached hydrogen (secondary N) is 1. The second-order valence-corrected chi connectivity index (χ2v) is 4.65. The van der Waals surface area contributed by atoms with Crippen molar-refractivity contribution in [2.24, 2.45) is 0 Å². The molecule has 0 unspecified atom stereocenters. The van der Waals surface area contributed by atoms with E-state index >= 15 is 0 Å². The summed E-state index contributed by atoms with van der Waals surface area (Å²) in [7, 11) is 0. The number of hydrogen-bond acceptors (Lipinski definition) is 6. The summed E-state index contributed by atoms with van der Waals surface area (Å²) in [6, 6.07) is 6.03. The Morgan fingerprint density at radius 1 is 1.47 bits per heavy atom. The third kappa shape index (κ3) is 3.24. The van der Waals surface area contributed by atoms with Crippen LogP contribution in [0.15, 0.2) is 24.3 Å². The highest BCUT2D eigenvalue weighted by atomic mass is 35.5. The van der Waals surface area contributed by atoms with E-state index in [1.807, 2.05) is 0 Å². The lowest BCUT2D eigenvalue weighted by Gasteiger charge is -1.95. The van der Waals surface area contributed by atoms with Crippen molar-refractivity contribution < 1.29 is 9.72 Å². The molecule has 0 aliphatic carbocycles. The highest BCUT2D eigenvalue weighted by Crippen LogP contribution is 2.28. The number of anilines is 1. The number of alkyl halides is 1. The zero-order chi connectivity index (χ0) is 13.8. The molecule has 1 aromatic heterocycles. The van der Waals surface area contributed by atoms with Gasteiger partial charge in [0.25, 0.3) is 5.69 Å². The molecule has 2 rings (SSSR count). The minimum absolute atomic E-state index is 0.0287. The maximum Gasteiger partial charge on any atom is 0.270 e. The van der Waals surface area contributed by atoms with Crippen molar-refractivity contribution in [3.8, 4) is 10.6 Å². The summed E-state index contributed by atoms with van der Waals surface area (Å²) in [5.41, 5.74) is 0.539. The van der Waals surface area contributed by atoms with Crippen LogP contribution in [0.4, 0.5) is 10.8 Å². The zero-order valence-electron chi connectivity index (χ0n) is 9.37. The molecule has 0 radical (unpaired) electrons. The van der Waals surface area contributed by atoms with Gasteiger partial charge in [-0.25, -0.2) is 0 Å². The van der Waals surface area contributed by atoms with Crippen molar-refractivity contribution in [2.75, 3.05) is 11.2 Å². The summed E-state index contributed by atoms with van der Waals surface area (Å²) in [6.45, 7) is 0. The van der Waals surface area contributed by atoms with Crippen LogP contribution in [0.2, 0.25) is 0 Å². The van der Waals surface area contributed by atoms with Crippen LogP contribution in [0.5, 0.6) is 0 Å². The van der Waals surface area contributed by atoms with Gasteiger partial charge in [0.15, 0.2) is 0 Å². The number of carbonyl (C=O) groups is 1. The first kappa shape index (κ1) is 13.4. The fraction of sp³-hybridized carbons (Fsp3) is 0.100. The van der Waals surface area contributed by atoms with E-state index < -0.39 is 4.92 Å². The Kier molecular flexibility index (Phi) is 4.03. The van der Waals surface area contributed by atoms with Crippen LogP contribution in [0, 0.1) is 10.1 Å². The van der Waals surface area contributed by atoms with Crippen LogP contribution < -0.4 is 5.32 Å². The van der Waals surface area contributed by atoms with Crippen molar-refractivity contribution in [1.29, 1.82) is 0 Å². The first-order valence-electron chi connectivity index (χ1n) is 5.04. The van der Waals surface area contributed by atoms with E-state index in [0.717, 1.165) is 11.3 Å². The van der Waals surface area contributed by atoms with Gasteiger partial charge in [0.05, 0.1) is 4.92 Å². The van der Waals surface area contributed by atoms with Crippen LogP contribution >= 0.6 is 22.9 Å². The molecular weight excluding hydrogens is 292 g/mol. The van der Waals surface area contributed by atoms with Crippen LogP contribution in [-0.2, 0) is 4.79 Å². The summed E-state index contributed by atoms with van der Waals surface area (Å²) in [6.07, 6.45) is 0. The average Bonchev–Trinajstić information content (AvgIpc) is 2.87. The molecule has 1 heterocycles. The fourth-order valence-electron chi connectivity index (χ4n) is 1.30. The van der Waals surface area contributed by atoms with Crippen molar-refractivity contribution in [2.45, 2.75) is 0 Å². The number of nitro benzene ring substituents is 1. The maximum atomic E-state index is 11.1. The number of amides is 1. The molecule has 0 bridgehead atoms. The lowest BCUT2D eigenvalue weighted by atomic mass is 10.2. The van der Waals surface area contributed by atoms with E-state index in [2.05, 4.69) is 15.5 Å². The number of non-ortho nitro benzene ring substituents is 1. The topological polar surface area (TPSA) is 98.0 Å². The molecule has 2 aromatic rings. The SMILES string of the molecule is O=C(CCl)Nc1nnc(-c2cccc([N+](=O)[O-])c2)s1. The predicted octanol–water partition coefficient (Wildman–Crippen LogP) is 2.29. The number of nitro groups is 1. The lowest BCUT2D eigenvalue weighted by Crippen LogP contribution is -2.12. The van der Waals surface area contributed by atoms with Gasteiger partial charge in [0.1, 0.15) is 10.9 Å². The smallest absolute Gasteiger partial charge is 0.270 e. The number of benzene rings is 1. The summed E-state index contributed by atoms with van der Waals surface area (Å²) >= 11 is 6.47. The molecule has 19 heavy (non-hydrogen) atoms.